The molecule has 0 aromatic carbocycles. The van der Waals surface area contributed by atoms with Crippen molar-refractivity contribution in [2.45, 2.75) is 23.9 Å². The van der Waals surface area contributed by atoms with Crippen LogP contribution in [0.5, 0.6) is 0 Å². The van der Waals surface area contributed by atoms with Gasteiger partial charge in [-0.05, 0) is 0 Å². The molecule has 14 heavy (non-hydrogen) atoms. The van der Waals surface area contributed by atoms with Gasteiger partial charge >= 0.3 is 23.9 Å². The van der Waals surface area contributed by atoms with Crippen molar-refractivity contribution in [3.05, 3.63) is 0 Å². The molecule has 0 radical (unpaired) electrons. The number of alkyl halides is 8. The first-order valence-corrected chi connectivity index (χ1v) is 3.11. The van der Waals surface area contributed by atoms with Crippen LogP contribution in [0.1, 0.15) is 0 Å². The highest BCUT2D eigenvalue weighted by Crippen LogP contribution is 2.56. The summed E-state index contributed by atoms with van der Waals surface area (Å²) in [4.78, 5) is 0. The van der Waals surface area contributed by atoms with Gasteiger partial charge in [-0.2, -0.15) is 35.1 Å². The predicted octanol–water partition coefficient (Wildman–Crippen LogP) is 2.52. The highest BCUT2D eigenvalue weighted by atomic mass is 19.4. The van der Waals surface area contributed by atoms with Crippen LogP contribution in [0, 0.1) is 0 Å². The van der Waals surface area contributed by atoms with Gasteiger partial charge in [0.25, 0.3) is 0 Å². The third-order valence-corrected chi connectivity index (χ3v) is 1.65. The molecule has 1 saturated heterocycles. The molecule has 0 N–H and O–H groups in total. The Hall–Kier alpha value is -0.600. The Labute approximate surface area is 71.6 Å². The lowest BCUT2D eigenvalue weighted by atomic mass is 10.0. The van der Waals surface area contributed by atoms with Gasteiger partial charge in [-0.3, -0.25) is 0 Å². The Bertz CT molecular complexity index is 220. The monoisotopic (exact) mass is 230 g/mol. The fourth-order valence-electron chi connectivity index (χ4n) is 0.775. The van der Waals surface area contributed by atoms with Gasteiger partial charge in [0.1, 0.15) is 6.61 Å². The van der Waals surface area contributed by atoms with E-state index in [1.165, 1.54) is 0 Å². The summed E-state index contributed by atoms with van der Waals surface area (Å²) in [5, 5.41) is 0. The summed E-state index contributed by atoms with van der Waals surface area (Å²) in [6.07, 6.45) is -5.60. The molecule has 1 heterocycles. The average molecular weight is 230 g/mol. The van der Waals surface area contributed by atoms with E-state index in [1.54, 1.807) is 0 Å². The van der Waals surface area contributed by atoms with Crippen LogP contribution in [-0.4, -0.2) is 30.5 Å². The Morgan fingerprint density at radius 2 is 1.14 bits per heavy atom. The SMILES string of the molecule is FC1(F)COC(F)(F)C(F)(F)C1(F)F. The van der Waals surface area contributed by atoms with E-state index in [4.69, 9.17) is 0 Å². The minimum Gasteiger partial charge on any atom is -0.309 e. The molecule has 0 unspecified atom stereocenters. The van der Waals surface area contributed by atoms with Crippen molar-refractivity contribution in [2.24, 2.45) is 0 Å². The zero-order chi connectivity index (χ0) is 11.4. The van der Waals surface area contributed by atoms with Crippen LogP contribution in [0.3, 0.4) is 0 Å². The van der Waals surface area contributed by atoms with Gasteiger partial charge in [0.15, 0.2) is 0 Å². The zero-order valence-electron chi connectivity index (χ0n) is 6.14. The molecule has 0 spiro atoms. The van der Waals surface area contributed by atoms with Gasteiger partial charge in [0.2, 0.25) is 0 Å². The molecule has 1 fully saturated rings. The van der Waals surface area contributed by atoms with Crippen LogP contribution in [0.25, 0.3) is 0 Å². The molecule has 0 bridgehead atoms. The smallest absolute Gasteiger partial charge is 0.309 e. The van der Waals surface area contributed by atoms with E-state index in [0.717, 1.165) is 0 Å². The largest absolute Gasteiger partial charge is 0.426 e. The molecular formula is C5H2F8O. The summed E-state index contributed by atoms with van der Waals surface area (Å²) < 4.78 is 99.7. The Kier molecular flexibility index (Phi) is 2.05. The van der Waals surface area contributed by atoms with Crippen molar-refractivity contribution in [1.29, 1.82) is 0 Å². The lowest BCUT2D eigenvalue weighted by molar-refractivity contribution is -0.472. The summed E-state index contributed by atoms with van der Waals surface area (Å²) in [5.74, 6) is -17.7. The van der Waals surface area contributed by atoms with Gasteiger partial charge in [-0.25, -0.2) is 0 Å². The highest BCUT2D eigenvalue weighted by molar-refractivity contribution is 5.04. The van der Waals surface area contributed by atoms with E-state index in [9.17, 15) is 35.1 Å². The van der Waals surface area contributed by atoms with Crippen LogP contribution in [0.4, 0.5) is 35.1 Å². The van der Waals surface area contributed by atoms with E-state index in [2.05, 4.69) is 4.74 Å². The lowest BCUT2D eigenvalue weighted by Gasteiger charge is -2.40. The quantitative estimate of drug-likeness (QED) is 0.581. The third-order valence-electron chi connectivity index (χ3n) is 1.65. The number of rotatable bonds is 0. The van der Waals surface area contributed by atoms with Crippen molar-refractivity contribution >= 4 is 0 Å². The van der Waals surface area contributed by atoms with Gasteiger partial charge in [-0.1, -0.05) is 0 Å². The molecule has 0 aromatic rings. The number of hydrogen-bond donors (Lipinski definition) is 0. The third kappa shape index (κ3) is 1.11. The van der Waals surface area contributed by atoms with Crippen LogP contribution < -0.4 is 0 Å². The van der Waals surface area contributed by atoms with Crippen LogP contribution >= 0.6 is 0 Å². The van der Waals surface area contributed by atoms with Gasteiger partial charge in [0.05, 0.1) is 0 Å². The second kappa shape index (κ2) is 2.50. The van der Waals surface area contributed by atoms with Crippen LogP contribution in [0.15, 0.2) is 0 Å². The molecule has 0 aliphatic carbocycles. The highest BCUT2D eigenvalue weighted by Gasteiger charge is 2.85. The second-order valence-corrected chi connectivity index (χ2v) is 2.66. The summed E-state index contributed by atoms with van der Waals surface area (Å²) in [6, 6.07) is 0. The Morgan fingerprint density at radius 1 is 0.714 bits per heavy atom. The van der Waals surface area contributed by atoms with E-state index in [0.29, 0.717) is 0 Å². The summed E-state index contributed by atoms with van der Waals surface area (Å²) >= 11 is 0. The number of ether oxygens (including phenoxy) is 1. The molecule has 1 rings (SSSR count). The van der Waals surface area contributed by atoms with Crippen molar-refractivity contribution < 1.29 is 39.9 Å². The standard InChI is InChI=1S/C5H2F8O/c6-2(7)1-14-5(12,13)4(10,11)3(2,8)9/h1H2. The minimum atomic E-state index is -6.23. The molecule has 0 saturated carbocycles. The van der Waals surface area contributed by atoms with Crippen molar-refractivity contribution in [2.75, 3.05) is 6.61 Å². The molecule has 1 aliphatic rings. The maximum atomic E-state index is 12.2. The first-order valence-electron chi connectivity index (χ1n) is 3.11. The van der Waals surface area contributed by atoms with E-state index < -0.39 is 30.5 Å². The molecule has 84 valence electrons. The lowest BCUT2D eigenvalue weighted by Crippen LogP contribution is -2.69. The first kappa shape index (κ1) is 11.5. The number of hydrogen-bond acceptors (Lipinski definition) is 1. The summed E-state index contributed by atoms with van der Waals surface area (Å²) in [6.45, 7) is -2.46. The van der Waals surface area contributed by atoms with Gasteiger partial charge in [0, 0.05) is 0 Å². The van der Waals surface area contributed by atoms with E-state index in [1.807, 2.05) is 0 Å². The van der Waals surface area contributed by atoms with E-state index in [-0.39, 0.29) is 0 Å². The van der Waals surface area contributed by atoms with Crippen LogP contribution in [0.2, 0.25) is 0 Å². The van der Waals surface area contributed by atoms with Crippen molar-refractivity contribution in [3.63, 3.8) is 0 Å². The zero-order valence-corrected chi connectivity index (χ0v) is 6.14. The normalized spacial score (nSPS) is 32.6. The topological polar surface area (TPSA) is 9.23 Å². The molecule has 0 aromatic heterocycles. The van der Waals surface area contributed by atoms with Gasteiger partial charge in [-0.15, -0.1) is 0 Å². The molecule has 1 nitrogen and oxygen atoms in total. The fourth-order valence-corrected chi connectivity index (χ4v) is 0.775. The Balaban J connectivity index is 3.20. The number of halogens is 8. The minimum absolute atomic E-state index is 2.46. The fraction of sp³-hybridized carbons (Fsp3) is 1.00. The molecule has 9 heteroatoms. The van der Waals surface area contributed by atoms with Gasteiger partial charge < -0.3 is 4.74 Å². The second-order valence-electron chi connectivity index (χ2n) is 2.66. The maximum absolute atomic E-state index is 12.2. The predicted molar refractivity (Wildman–Crippen MR) is 25.7 cm³/mol. The Morgan fingerprint density at radius 3 is 1.50 bits per heavy atom. The molecular weight excluding hydrogens is 228 g/mol. The van der Waals surface area contributed by atoms with Crippen LogP contribution in [-0.2, 0) is 4.74 Å². The summed E-state index contributed by atoms with van der Waals surface area (Å²) in [5.41, 5.74) is 0. The first-order chi connectivity index (χ1) is 5.96. The summed E-state index contributed by atoms with van der Waals surface area (Å²) in [7, 11) is 0. The average Bonchev–Trinajstić information content (AvgIpc) is 1.98. The maximum Gasteiger partial charge on any atom is 0.426 e. The molecule has 0 amide bonds. The molecule has 0 atom stereocenters. The van der Waals surface area contributed by atoms with Crippen molar-refractivity contribution in [3.8, 4) is 0 Å². The van der Waals surface area contributed by atoms with Crippen molar-refractivity contribution in [1.82, 2.24) is 0 Å². The molecule has 1 aliphatic heterocycles. The van der Waals surface area contributed by atoms with E-state index >= 15 is 0 Å².